The zero-order chi connectivity index (χ0) is 21.3. The summed E-state index contributed by atoms with van der Waals surface area (Å²) in [6.07, 6.45) is -4.99. The van der Waals surface area contributed by atoms with E-state index in [0.29, 0.717) is 4.47 Å². The van der Waals surface area contributed by atoms with E-state index in [4.69, 9.17) is 13.9 Å². The fourth-order valence-corrected chi connectivity index (χ4v) is 2.74. The molecule has 0 amide bonds. The van der Waals surface area contributed by atoms with Gasteiger partial charge in [0.25, 0.3) is 5.76 Å². The van der Waals surface area contributed by atoms with Gasteiger partial charge in [-0.15, -0.1) is 0 Å². The minimum absolute atomic E-state index is 0.0205. The fraction of sp³-hybridized carbons (Fsp3) is 0.200. The first-order chi connectivity index (χ1) is 13.6. The van der Waals surface area contributed by atoms with Gasteiger partial charge in [-0.2, -0.15) is 13.2 Å². The van der Waals surface area contributed by atoms with Crippen LogP contribution >= 0.6 is 15.9 Å². The average molecular weight is 471 g/mol. The molecule has 0 unspecified atom stereocenters. The maximum atomic E-state index is 13.6. The highest BCUT2D eigenvalue weighted by atomic mass is 79.9. The number of rotatable bonds is 4. The molecule has 0 aliphatic carbocycles. The summed E-state index contributed by atoms with van der Waals surface area (Å²) in [7, 11) is 0. The Labute approximate surface area is 171 Å². The molecule has 3 aromatic rings. The smallest absolute Gasteiger partial charge is 0.448 e. The predicted octanol–water partition coefficient (Wildman–Crippen LogP) is 5.93. The van der Waals surface area contributed by atoms with Gasteiger partial charge in [0.05, 0.1) is 15.8 Å². The van der Waals surface area contributed by atoms with Crippen molar-refractivity contribution < 1.29 is 31.9 Å². The van der Waals surface area contributed by atoms with Gasteiger partial charge in [-0.1, -0.05) is 26.0 Å². The Kier molecular flexibility index (Phi) is 5.70. The van der Waals surface area contributed by atoms with E-state index in [-0.39, 0.29) is 22.5 Å². The van der Waals surface area contributed by atoms with Crippen LogP contribution in [0.2, 0.25) is 0 Å². The molecule has 0 atom stereocenters. The Balaban J connectivity index is 2.16. The van der Waals surface area contributed by atoms with E-state index in [0.717, 1.165) is 6.07 Å². The number of ether oxygens (including phenoxy) is 2. The van der Waals surface area contributed by atoms with Gasteiger partial charge in [-0.05, 0) is 40.2 Å². The molecule has 1 heterocycles. The number of alkyl halides is 3. The molecule has 0 radical (unpaired) electrons. The van der Waals surface area contributed by atoms with Crippen molar-refractivity contribution in [1.29, 1.82) is 0 Å². The number of benzene rings is 2. The molecule has 2 aromatic carbocycles. The second-order valence-corrected chi connectivity index (χ2v) is 7.21. The third-order valence-electron chi connectivity index (χ3n) is 3.82. The SMILES string of the molecule is CC(C)C(=O)Oc1ccc2c(=O)c(Oc3ccccc3Br)c(C(F)(F)F)oc2c1. The number of halogens is 4. The third kappa shape index (κ3) is 4.45. The van der Waals surface area contributed by atoms with Crippen molar-refractivity contribution in [3.05, 3.63) is 62.9 Å². The van der Waals surface area contributed by atoms with Crippen molar-refractivity contribution in [3.8, 4) is 17.2 Å². The quantitative estimate of drug-likeness (QED) is 0.349. The van der Waals surface area contributed by atoms with E-state index < -0.39 is 35.0 Å². The lowest BCUT2D eigenvalue weighted by Crippen LogP contribution is -2.16. The minimum atomic E-state index is -4.99. The fourth-order valence-electron chi connectivity index (χ4n) is 2.37. The van der Waals surface area contributed by atoms with Crippen molar-refractivity contribution in [2.75, 3.05) is 0 Å². The van der Waals surface area contributed by atoms with E-state index in [1.165, 1.54) is 18.2 Å². The van der Waals surface area contributed by atoms with Crippen LogP contribution in [0.5, 0.6) is 17.2 Å². The van der Waals surface area contributed by atoms with Crippen molar-refractivity contribution in [1.82, 2.24) is 0 Å². The van der Waals surface area contributed by atoms with Crippen molar-refractivity contribution in [2.24, 2.45) is 5.92 Å². The summed E-state index contributed by atoms with van der Waals surface area (Å²) >= 11 is 3.16. The Bertz CT molecular complexity index is 1140. The third-order valence-corrected chi connectivity index (χ3v) is 4.47. The molecule has 152 valence electrons. The molecular formula is C20H14BrF3O5. The van der Waals surface area contributed by atoms with Gasteiger partial charge in [0.1, 0.15) is 17.1 Å². The number of carbonyl (C=O) groups is 1. The number of carbonyl (C=O) groups excluding carboxylic acids is 1. The molecular weight excluding hydrogens is 457 g/mol. The summed E-state index contributed by atoms with van der Waals surface area (Å²) in [6.45, 7) is 3.22. The summed E-state index contributed by atoms with van der Waals surface area (Å²) in [6, 6.07) is 9.74. The maximum absolute atomic E-state index is 13.6. The van der Waals surface area contributed by atoms with Crippen LogP contribution < -0.4 is 14.9 Å². The van der Waals surface area contributed by atoms with Crippen LogP contribution in [0.3, 0.4) is 0 Å². The van der Waals surface area contributed by atoms with Gasteiger partial charge < -0.3 is 13.9 Å². The van der Waals surface area contributed by atoms with E-state index in [1.54, 1.807) is 32.0 Å². The van der Waals surface area contributed by atoms with Gasteiger partial charge in [0.15, 0.2) is 0 Å². The van der Waals surface area contributed by atoms with Crippen LogP contribution in [0.15, 0.2) is 56.1 Å². The normalized spacial score (nSPS) is 11.7. The van der Waals surface area contributed by atoms with Gasteiger partial charge >= 0.3 is 12.1 Å². The Hall–Kier alpha value is -2.81. The van der Waals surface area contributed by atoms with Crippen LogP contribution in [0, 0.1) is 5.92 Å². The lowest BCUT2D eigenvalue weighted by Gasteiger charge is -2.14. The van der Waals surface area contributed by atoms with E-state index in [2.05, 4.69) is 15.9 Å². The molecule has 0 bridgehead atoms. The summed E-state index contributed by atoms with van der Waals surface area (Å²) in [5.41, 5.74) is -1.38. The number of esters is 1. The van der Waals surface area contributed by atoms with Crippen LogP contribution in [-0.2, 0) is 11.0 Å². The van der Waals surface area contributed by atoms with Gasteiger partial charge in [-0.25, -0.2) is 0 Å². The first kappa shape index (κ1) is 20.9. The van der Waals surface area contributed by atoms with Crippen molar-refractivity contribution in [2.45, 2.75) is 20.0 Å². The Morgan fingerprint density at radius 3 is 2.45 bits per heavy atom. The predicted molar refractivity (Wildman–Crippen MR) is 102 cm³/mol. The lowest BCUT2D eigenvalue weighted by atomic mass is 10.2. The monoisotopic (exact) mass is 470 g/mol. The van der Waals surface area contributed by atoms with Crippen molar-refractivity contribution >= 4 is 32.9 Å². The molecule has 0 spiro atoms. The zero-order valence-corrected chi connectivity index (χ0v) is 16.8. The van der Waals surface area contributed by atoms with Gasteiger partial charge in [0.2, 0.25) is 11.2 Å². The molecule has 0 fully saturated rings. The standard InChI is InChI=1S/C20H14BrF3O5/c1-10(2)19(26)27-11-7-8-12-15(9-11)29-18(20(22,23)24)17(16(12)25)28-14-6-4-3-5-13(14)21/h3-10H,1-2H3. The van der Waals surface area contributed by atoms with Crippen LogP contribution in [0.25, 0.3) is 11.0 Å². The molecule has 0 saturated heterocycles. The van der Waals surface area contributed by atoms with Crippen LogP contribution in [0.1, 0.15) is 19.6 Å². The largest absolute Gasteiger partial charge is 0.453 e. The topological polar surface area (TPSA) is 65.7 Å². The molecule has 5 nitrogen and oxygen atoms in total. The molecule has 0 aliphatic rings. The first-order valence-electron chi connectivity index (χ1n) is 8.40. The highest BCUT2D eigenvalue weighted by Gasteiger charge is 2.40. The number of para-hydroxylation sites is 1. The van der Waals surface area contributed by atoms with Crippen molar-refractivity contribution in [3.63, 3.8) is 0 Å². The summed E-state index contributed by atoms with van der Waals surface area (Å²) in [4.78, 5) is 24.5. The van der Waals surface area contributed by atoms with E-state index in [1.807, 2.05) is 0 Å². The van der Waals surface area contributed by atoms with Crippen LogP contribution in [-0.4, -0.2) is 5.97 Å². The van der Waals surface area contributed by atoms with Gasteiger partial charge in [-0.3, -0.25) is 9.59 Å². The Morgan fingerprint density at radius 2 is 1.83 bits per heavy atom. The van der Waals surface area contributed by atoms with E-state index in [9.17, 15) is 22.8 Å². The number of hydrogen-bond acceptors (Lipinski definition) is 5. The summed E-state index contributed by atoms with van der Waals surface area (Å²) in [5, 5.41) is -0.149. The second kappa shape index (κ2) is 7.90. The molecule has 9 heteroatoms. The zero-order valence-electron chi connectivity index (χ0n) is 15.2. The molecule has 1 aromatic heterocycles. The second-order valence-electron chi connectivity index (χ2n) is 6.35. The molecule has 29 heavy (non-hydrogen) atoms. The molecule has 3 rings (SSSR count). The highest BCUT2D eigenvalue weighted by Crippen LogP contribution is 2.39. The molecule has 0 N–H and O–H groups in total. The molecule has 0 aliphatic heterocycles. The minimum Gasteiger partial charge on any atom is -0.448 e. The highest BCUT2D eigenvalue weighted by molar-refractivity contribution is 9.10. The number of fused-ring (bicyclic) bond motifs is 1. The van der Waals surface area contributed by atoms with Gasteiger partial charge in [0, 0.05) is 6.07 Å². The lowest BCUT2D eigenvalue weighted by molar-refractivity contribution is -0.154. The average Bonchev–Trinajstić information content (AvgIpc) is 2.64. The maximum Gasteiger partial charge on any atom is 0.453 e. The number of hydrogen-bond donors (Lipinski definition) is 0. The van der Waals surface area contributed by atoms with Crippen LogP contribution in [0.4, 0.5) is 13.2 Å². The summed E-state index contributed by atoms with van der Waals surface area (Å²) in [5.74, 6) is -3.60. The first-order valence-corrected chi connectivity index (χ1v) is 9.19. The summed E-state index contributed by atoms with van der Waals surface area (Å²) < 4.78 is 56.4. The molecule has 0 saturated carbocycles. The Morgan fingerprint density at radius 1 is 1.14 bits per heavy atom. The van der Waals surface area contributed by atoms with E-state index >= 15 is 0 Å².